The van der Waals surface area contributed by atoms with Crippen molar-refractivity contribution in [1.29, 1.82) is 0 Å². The summed E-state index contributed by atoms with van der Waals surface area (Å²) in [5.41, 5.74) is 6.26. The molecule has 3 N–H and O–H groups in total. The van der Waals surface area contributed by atoms with Gasteiger partial charge in [0.25, 0.3) is 5.91 Å². The van der Waals surface area contributed by atoms with Gasteiger partial charge in [0, 0.05) is 12.7 Å². The van der Waals surface area contributed by atoms with Crippen LogP contribution in [0.5, 0.6) is 0 Å². The minimum absolute atomic E-state index is 0.0285. The highest BCUT2D eigenvalue weighted by molar-refractivity contribution is 7.18. The van der Waals surface area contributed by atoms with E-state index in [0.717, 1.165) is 12.1 Å². The van der Waals surface area contributed by atoms with E-state index in [0.29, 0.717) is 23.1 Å². The number of amides is 1. The molecule has 1 aliphatic rings. The molecule has 3 heterocycles. The molecule has 0 spiro atoms. The average molecular weight is 305 g/mol. The lowest BCUT2D eigenvalue weighted by Crippen LogP contribution is -2.29. The third-order valence-electron chi connectivity index (χ3n) is 3.20. The van der Waals surface area contributed by atoms with Crippen LogP contribution in [0.3, 0.4) is 0 Å². The molecular weight excluding hydrogens is 290 g/mol. The van der Waals surface area contributed by atoms with Gasteiger partial charge in [0.1, 0.15) is 11.8 Å². The highest BCUT2D eigenvalue weighted by atomic mass is 32.1. The zero-order chi connectivity index (χ0) is 14.7. The second kappa shape index (κ2) is 6.25. The maximum Gasteiger partial charge on any atom is 0.255 e. The first-order valence-corrected chi connectivity index (χ1v) is 7.49. The summed E-state index contributed by atoms with van der Waals surface area (Å²) in [6, 6.07) is 5.55. The molecular formula is C13H15N5O2S. The molecule has 0 unspecified atom stereocenters. The molecule has 3 rings (SSSR count). The van der Waals surface area contributed by atoms with Crippen LogP contribution in [0.25, 0.3) is 10.7 Å². The lowest BCUT2D eigenvalue weighted by molar-refractivity contribution is -0.126. The summed E-state index contributed by atoms with van der Waals surface area (Å²) in [7, 11) is 0. The van der Waals surface area contributed by atoms with Gasteiger partial charge in [0.15, 0.2) is 5.01 Å². The molecule has 8 heteroatoms. The van der Waals surface area contributed by atoms with Gasteiger partial charge in [-0.1, -0.05) is 17.4 Å². The minimum Gasteiger partial charge on any atom is -0.364 e. The fourth-order valence-electron chi connectivity index (χ4n) is 2.12. The van der Waals surface area contributed by atoms with Gasteiger partial charge in [-0.3, -0.25) is 15.1 Å². The second-order valence-corrected chi connectivity index (χ2v) is 5.65. The summed E-state index contributed by atoms with van der Waals surface area (Å²) in [6.45, 7) is 0.437. The van der Waals surface area contributed by atoms with Crippen LogP contribution in [0.4, 0.5) is 5.13 Å². The van der Waals surface area contributed by atoms with Crippen molar-refractivity contribution in [2.24, 2.45) is 5.73 Å². The highest BCUT2D eigenvalue weighted by Gasteiger charge is 2.30. The van der Waals surface area contributed by atoms with Crippen LogP contribution in [0.15, 0.2) is 24.4 Å². The molecule has 0 aliphatic carbocycles. The topological polar surface area (TPSA) is 103 Å². The SMILES string of the molecule is NC[C@H]1CC[C@@H](C(=O)Nc2nnc(-c3ccccn3)s2)O1. The molecule has 2 atom stereocenters. The Morgan fingerprint density at radius 3 is 3.05 bits per heavy atom. The molecule has 2 aromatic heterocycles. The largest absolute Gasteiger partial charge is 0.364 e. The summed E-state index contributed by atoms with van der Waals surface area (Å²) in [5, 5.41) is 11.8. The van der Waals surface area contributed by atoms with Gasteiger partial charge < -0.3 is 10.5 Å². The van der Waals surface area contributed by atoms with Crippen LogP contribution < -0.4 is 11.1 Å². The Kier molecular flexibility index (Phi) is 4.18. The van der Waals surface area contributed by atoms with Crippen molar-refractivity contribution in [3.05, 3.63) is 24.4 Å². The van der Waals surface area contributed by atoms with Gasteiger partial charge in [-0.25, -0.2) is 0 Å². The molecule has 0 bridgehead atoms. The minimum atomic E-state index is -0.458. The van der Waals surface area contributed by atoms with E-state index in [1.807, 2.05) is 18.2 Å². The third kappa shape index (κ3) is 3.23. The highest BCUT2D eigenvalue weighted by Crippen LogP contribution is 2.26. The van der Waals surface area contributed by atoms with E-state index in [4.69, 9.17) is 10.5 Å². The molecule has 1 amide bonds. The van der Waals surface area contributed by atoms with Gasteiger partial charge in [-0.2, -0.15) is 0 Å². The van der Waals surface area contributed by atoms with Gasteiger partial charge in [-0.15, -0.1) is 10.2 Å². The van der Waals surface area contributed by atoms with Gasteiger partial charge >= 0.3 is 0 Å². The predicted molar refractivity (Wildman–Crippen MR) is 78.7 cm³/mol. The zero-order valence-electron chi connectivity index (χ0n) is 11.2. The Morgan fingerprint density at radius 1 is 1.43 bits per heavy atom. The first-order chi connectivity index (χ1) is 10.3. The standard InChI is InChI=1S/C13H15N5O2S/c14-7-8-4-5-10(20-8)11(19)16-13-18-17-12(21-13)9-3-1-2-6-15-9/h1-3,6,8,10H,4-5,7,14H2,(H,16,18,19)/t8-,10+/m1/s1. The first kappa shape index (κ1) is 14.1. The van der Waals surface area contributed by atoms with Crippen molar-refractivity contribution < 1.29 is 9.53 Å². The summed E-state index contributed by atoms with van der Waals surface area (Å²) >= 11 is 1.28. The van der Waals surface area contributed by atoms with Crippen molar-refractivity contribution >= 4 is 22.4 Å². The number of hydrogen-bond donors (Lipinski definition) is 2. The first-order valence-electron chi connectivity index (χ1n) is 6.67. The van der Waals surface area contributed by atoms with E-state index >= 15 is 0 Å². The van der Waals surface area contributed by atoms with Crippen molar-refractivity contribution in [2.45, 2.75) is 25.0 Å². The Morgan fingerprint density at radius 2 is 2.33 bits per heavy atom. The Bertz CT molecular complexity index is 618. The number of aromatic nitrogens is 3. The van der Waals surface area contributed by atoms with Crippen molar-refractivity contribution in [3.8, 4) is 10.7 Å². The molecule has 1 aliphatic heterocycles. The van der Waals surface area contributed by atoms with Crippen LogP contribution in [0.1, 0.15) is 12.8 Å². The Hall–Kier alpha value is -1.90. The number of ether oxygens (including phenoxy) is 1. The number of nitrogens with one attached hydrogen (secondary N) is 1. The number of carbonyl (C=O) groups is 1. The lowest BCUT2D eigenvalue weighted by Gasteiger charge is -2.10. The molecule has 7 nitrogen and oxygen atoms in total. The van der Waals surface area contributed by atoms with E-state index in [1.54, 1.807) is 6.20 Å². The number of anilines is 1. The summed E-state index contributed by atoms with van der Waals surface area (Å²) < 4.78 is 5.54. The molecule has 1 fully saturated rings. The molecule has 0 aromatic carbocycles. The normalized spacial score (nSPS) is 21.4. The molecule has 0 saturated carbocycles. The average Bonchev–Trinajstić information content (AvgIpc) is 3.17. The smallest absolute Gasteiger partial charge is 0.255 e. The number of nitrogens with two attached hydrogens (primary N) is 1. The van der Waals surface area contributed by atoms with E-state index < -0.39 is 6.10 Å². The van der Waals surface area contributed by atoms with Gasteiger partial charge in [0.2, 0.25) is 5.13 Å². The van der Waals surface area contributed by atoms with Crippen molar-refractivity contribution in [1.82, 2.24) is 15.2 Å². The molecule has 0 radical (unpaired) electrons. The van der Waals surface area contributed by atoms with E-state index in [9.17, 15) is 4.79 Å². The summed E-state index contributed by atoms with van der Waals surface area (Å²) in [4.78, 5) is 16.3. The number of rotatable bonds is 4. The third-order valence-corrected chi connectivity index (χ3v) is 4.06. The molecule has 1 saturated heterocycles. The van der Waals surface area contributed by atoms with Crippen LogP contribution in [0.2, 0.25) is 0 Å². The van der Waals surface area contributed by atoms with E-state index in [1.165, 1.54) is 11.3 Å². The van der Waals surface area contributed by atoms with E-state index in [2.05, 4.69) is 20.5 Å². The van der Waals surface area contributed by atoms with E-state index in [-0.39, 0.29) is 12.0 Å². The summed E-state index contributed by atoms with van der Waals surface area (Å²) in [6.07, 6.45) is 2.69. The Labute approximate surface area is 125 Å². The predicted octanol–water partition coefficient (Wildman–Crippen LogP) is 1.04. The van der Waals surface area contributed by atoms with Crippen LogP contribution in [0, 0.1) is 0 Å². The van der Waals surface area contributed by atoms with Crippen LogP contribution in [-0.4, -0.2) is 39.8 Å². The number of pyridine rings is 1. The maximum atomic E-state index is 12.1. The maximum absolute atomic E-state index is 12.1. The quantitative estimate of drug-likeness (QED) is 0.875. The molecule has 110 valence electrons. The number of hydrogen-bond acceptors (Lipinski definition) is 7. The van der Waals surface area contributed by atoms with Gasteiger partial charge in [0.05, 0.1) is 6.10 Å². The number of carbonyl (C=O) groups excluding carboxylic acids is 1. The summed E-state index contributed by atoms with van der Waals surface area (Å²) in [5.74, 6) is -0.199. The fraction of sp³-hybridized carbons (Fsp3) is 0.385. The zero-order valence-corrected chi connectivity index (χ0v) is 12.0. The van der Waals surface area contributed by atoms with Crippen molar-refractivity contribution in [2.75, 3.05) is 11.9 Å². The van der Waals surface area contributed by atoms with Crippen LogP contribution in [-0.2, 0) is 9.53 Å². The fourth-order valence-corrected chi connectivity index (χ4v) is 2.85. The number of nitrogens with zero attached hydrogens (tertiary/aromatic N) is 3. The second-order valence-electron chi connectivity index (χ2n) is 4.68. The monoisotopic (exact) mass is 305 g/mol. The Balaban J connectivity index is 1.64. The lowest BCUT2D eigenvalue weighted by atomic mass is 10.2. The molecule has 21 heavy (non-hydrogen) atoms. The van der Waals surface area contributed by atoms with Gasteiger partial charge in [-0.05, 0) is 25.0 Å². The van der Waals surface area contributed by atoms with Crippen LogP contribution >= 0.6 is 11.3 Å². The molecule has 2 aromatic rings. The van der Waals surface area contributed by atoms with Crippen molar-refractivity contribution in [3.63, 3.8) is 0 Å².